The first-order chi connectivity index (χ1) is 15.3. The van der Waals surface area contributed by atoms with Crippen LogP contribution in [-0.4, -0.2) is 55.8 Å². The molecule has 1 N–H and O–H groups in total. The molecule has 1 aliphatic rings. The number of fused-ring (bicyclic) bond motifs is 1. The van der Waals surface area contributed by atoms with Gasteiger partial charge in [0.25, 0.3) is 5.91 Å². The van der Waals surface area contributed by atoms with Crippen LogP contribution in [0.15, 0.2) is 47.4 Å². The van der Waals surface area contributed by atoms with E-state index in [4.69, 9.17) is 0 Å². The third-order valence-corrected chi connectivity index (χ3v) is 8.22. The van der Waals surface area contributed by atoms with Crippen LogP contribution in [0.5, 0.6) is 0 Å². The third kappa shape index (κ3) is 5.19. The second kappa shape index (κ2) is 10.6. The Morgan fingerprint density at radius 3 is 2.47 bits per heavy atom. The number of carbonyl (C=O) groups excluding carboxylic acids is 1. The van der Waals surface area contributed by atoms with Crippen LogP contribution in [0.4, 0.5) is 4.39 Å². The summed E-state index contributed by atoms with van der Waals surface area (Å²) in [7, 11) is -3.78. The number of hydrogen-bond acceptors (Lipinski definition) is 4. The topological polar surface area (TPSA) is 69.7 Å². The van der Waals surface area contributed by atoms with E-state index in [9.17, 15) is 17.6 Å². The van der Waals surface area contributed by atoms with Crippen LogP contribution in [0.2, 0.25) is 0 Å². The van der Waals surface area contributed by atoms with Crippen molar-refractivity contribution in [1.82, 2.24) is 14.5 Å². The Morgan fingerprint density at radius 2 is 1.81 bits per heavy atom. The van der Waals surface area contributed by atoms with Gasteiger partial charge in [0.1, 0.15) is 5.82 Å². The number of carbonyl (C=O) groups is 1. The Kier molecular flexibility index (Phi) is 8.03. The minimum atomic E-state index is -3.78. The predicted molar refractivity (Wildman–Crippen MR) is 123 cm³/mol. The molecular formula is C24H32FN3O3S. The monoisotopic (exact) mass is 461 g/mol. The van der Waals surface area contributed by atoms with Gasteiger partial charge >= 0.3 is 0 Å². The Balaban J connectivity index is 1.71. The zero-order valence-corrected chi connectivity index (χ0v) is 19.8. The van der Waals surface area contributed by atoms with Crippen LogP contribution >= 0.6 is 0 Å². The van der Waals surface area contributed by atoms with Gasteiger partial charge in [0, 0.05) is 38.8 Å². The van der Waals surface area contributed by atoms with Gasteiger partial charge < -0.3 is 5.32 Å². The zero-order valence-electron chi connectivity index (χ0n) is 19.0. The molecule has 2 aromatic rings. The standard InChI is InChI=1S/C24H32FN3O3S/c1-4-20(27-14-13-18-9-7-8-10-19(18)17-27)16-26-24(29)22-15-21(11-12-23(22)25)32(30,31)28(5-2)6-3/h7-12,15,20H,4-6,13-14,16-17H2,1-3H3,(H,26,29). The summed E-state index contributed by atoms with van der Waals surface area (Å²) in [4.78, 5) is 15.0. The normalized spacial score (nSPS) is 15.4. The van der Waals surface area contributed by atoms with Crippen molar-refractivity contribution in [2.45, 2.75) is 51.1 Å². The van der Waals surface area contributed by atoms with Crippen LogP contribution in [0.3, 0.4) is 0 Å². The lowest BCUT2D eigenvalue weighted by Gasteiger charge is -2.35. The summed E-state index contributed by atoms with van der Waals surface area (Å²) in [5, 5.41) is 2.82. The fourth-order valence-electron chi connectivity index (χ4n) is 4.22. The molecule has 0 saturated carbocycles. The van der Waals surface area contributed by atoms with Gasteiger partial charge in [-0.05, 0) is 42.2 Å². The minimum Gasteiger partial charge on any atom is -0.350 e. The van der Waals surface area contributed by atoms with Gasteiger partial charge in [-0.3, -0.25) is 9.69 Å². The molecule has 0 fully saturated rings. The van der Waals surface area contributed by atoms with Crippen molar-refractivity contribution < 1.29 is 17.6 Å². The van der Waals surface area contributed by atoms with Crippen LogP contribution in [0, 0.1) is 5.82 Å². The van der Waals surface area contributed by atoms with Gasteiger partial charge in [-0.25, -0.2) is 12.8 Å². The van der Waals surface area contributed by atoms with Gasteiger partial charge in [-0.15, -0.1) is 0 Å². The van der Waals surface area contributed by atoms with E-state index in [2.05, 4.69) is 35.3 Å². The van der Waals surface area contributed by atoms with Crippen molar-refractivity contribution in [2.75, 3.05) is 26.2 Å². The highest BCUT2D eigenvalue weighted by Crippen LogP contribution is 2.22. The summed E-state index contributed by atoms with van der Waals surface area (Å²) in [6.45, 7) is 8.22. The summed E-state index contributed by atoms with van der Waals surface area (Å²) < 4.78 is 41.2. The number of sulfonamides is 1. The van der Waals surface area contributed by atoms with Crippen molar-refractivity contribution in [1.29, 1.82) is 0 Å². The molecule has 0 saturated heterocycles. The second-order valence-corrected chi connectivity index (χ2v) is 9.93. The Bertz CT molecular complexity index is 1050. The highest BCUT2D eigenvalue weighted by Gasteiger charge is 2.26. The zero-order chi connectivity index (χ0) is 23.3. The molecule has 174 valence electrons. The molecule has 0 aliphatic carbocycles. The number of hydrogen-bond donors (Lipinski definition) is 1. The number of rotatable bonds is 9. The van der Waals surface area contributed by atoms with Crippen molar-refractivity contribution in [3.05, 3.63) is 65.0 Å². The maximum atomic E-state index is 14.4. The molecule has 0 radical (unpaired) electrons. The van der Waals surface area contributed by atoms with Crippen LogP contribution in [-0.2, 0) is 23.0 Å². The summed E-state index contributed by atoms with van der Waals surface area (Å²) >= 11 is 0. The Labute approximate surface area is 190 Å². The fraction of sp³-hybridized carbons (Fsp3) is 0.458. The first kappa shape index (κ1) is 24.4. The highest BCUT2D eigenvalue weighted by molar-refractivity contribution is 7.89. The van der Waals surface area contributed by atoms with E-state index in [0.29, 0.717) is 19.6 Å². The summed E-state index contributed by atoms with van der Waals surface area (Å²) in [6, 6.07) is 11.9. The second-order valence-electron chi connectivity index (χ2n) is 7.99. The van der Waals surface area contributed by atoms with E-state index < -0.39 is 21.7 Å². The van der Waals surface area contributed by atoms with Gasteiger partial charge in [0.2, 0.25) is 10.0 Å². The number of halogens is 1. The molecule has 1 aliphatic heterocycles. The number of nitrogens with zero attached hydrogens (tertiary/aromatic N) is 2. The maximum absolute atomic E-state index is 14.4. The van der Waals surface area contributed by atoms with Crippen molar-refractivity contribution in [3.8, 4) is 0 Å². The quantitative estimate of drug-likeness (QED) is 0.621. The van der Waals surface area contributed by atoms with Gasteiger partial charge in [-0.2, -0.15) is 4.31 Å². The average Bonchev–Trinajstić information content (AvgIpc) is 2.80. The molecule has 1 amide bonds. The molecule has 0 bridgehead atoms. The molecule has 8 heteroatoms. The van der Waals surface area contributed by atoms with E-state index in [-0.39, 0.29) is 16.5 Å². The molecule has 32 heavy (non-hydrogen) atoms. The molecule has 1 unspecified atom stereocenters. The van der Waals surface area contributed by atoms with Crippen LogP contribution < -0.4 is 5.32 Å². The molecule has 1 heterocycles. The maximum Gasteiger partial charge on any atom is 0.254 e. The van der Waals surface area contributed by atoms with E-state index >= 15 is 0 Å². The fourth-order valence-corrected chi connectivity index (χ4v) is 5.70. The van der Waals surface area contributed by atoms with Crippen molar-refractivity contribution >= 4 is 15.9 Å². The first-order valence-corrected chi connectivity index (χ1v) is 12.6. The SMILES string of the molecule is CCC(CNC(=O)c1cc(S(=O)(=O)N(CC)CC)ccc1F)N1CCc2ccccc2C1. The van der Waals surface area contributed by atoms with Crippen LogP contribution in [0.1, 0.15) is 48.7 Å². The van der Waals surface area contributed by atoms with Gasteiger partial charge in [0.15, 0.2) is 0 Å². The van der Waals surface area contributed by atoms with E-state index in [1.54, 1.807) is 13.8 Å². The first-order valence-electron chi connectivity index (χ1n) is 11.2. The minimum absolute atomic E-state index is 0.0765. The Morgan fingerprint density at radius 1 is 1.12 bits per heavy atom. The number of benzene rings is 2. The number of amides is 1. The smallest absolute Gasteiger partial charge is 0.254 e. The summed E-state index contributed by atoms with van der Waals surface area (Å²) in [5.74, 6) is -1.34. The van der Waals surface area contributed by atoms with Crippen LogP contribution in [0.25, 0.3) is 0 Å². The lowest BCUT2D eigenvalue weighted by molar-refractivity contribution is 0.0922. The molecule has 0 spiro atoms. The van der Waals surface area contributed by atoms with Crippen molar-refractivity contribution in [3.63, 3.8) is 0 Å². The average molecular weight is 462 g/mol. The lowest BCUT2D eigenvalue weighted by Crippen LogP contribution is -2.45. The summed E-state index contributed by atoms with van der Waals surface area (Å²) in [5.41, 5.74) is 2.40. The molecule has 6 nitrogen and oxygen atoms in total. The summed E-state index contributed by atoms with van der Waals surface area (Å²) in [6.07, 6.45) is 1.79. The lowest BCUT2D eigenvalue weighted by atomic mass is 9.98. The third-order valence-electron chi connectivity index (χ3n) is 6.17. The molecule has 1 atom stereocenters. The largest absolute Gasteiger partial charge is 0.350 e. The van der Waals surface area contributed by atoms with E-state index in [1.165, 1.54) is 21.5 Å². The predicted octanol–water partition coefficient (Wildman–Crippen LogP) is 3.42. The number of nitrogens with one attached hydrogen (secondary N) is 1. The van der Waals surface area contributed by atoms with E-state index in [1.807, 2.05) is 6.07 Å². The highest BCUT2D eigenvalue weighted by atomic mass is 32.2. The van der Waals surface area contributed by atoms with E-state index in [0.717, 1.165) is 38.1 Å². The molecule has 0 aromatic heterocycles. The molecular weight excluding hydrogens is 429 g/mol. The van der Waals surface area contributed by atoms with Crippen molar-refractivity contribution in [2.24, 2.45) is 0 Å². The molecule has 3 rings (SSSR count). The van der Waals surface area contributed by atoms with Gasteiger partial charge in [0.05, 0.1) is 10.5 Å². The molecule has 2 aromatic carbocycles. The Hall–Kier alpha value is -2.29. The van der Waals surface area contributed by atoms with Gasteiger partial charge in [-0.1, -0.05) is 45.0 Å².